The molecular weight excluding hydrogens is 560 g/mol. The summed E-state index contributed by atoms with van der Waals surface area (Å²) in [6.45, 7) is 9.70. The van der Waals surface area contributed by atoms with Gasteiger partial charge in [-0.2, -0.15) is 12.7 Å². The summed E-state index contributed by atoms with van der Waals surface area (Å²) >= 11 is 13.1. The second-order valence-electron chi connectivity index (χ2n) is 8.22. The van der Waals surface area contributed by atoms with Gasteiger partial charge in [0.1, 0.15) is 28.5 Å². The summed E-state index contributed by atoms with van der Waals surface area (Å²) in [6.07, 6.45) is -2.05. The highest BCUT2D eigenvalue weighted by Crippen LogP contribution is 2.50. The van der Waals surface area contributed by atoms with Crippen LogP contribution in [0.5, 0.6) is 5.75 Å². The third kappa shape index (κ3) is 7.25. The Bertz CT molecular complexity index is 1200. The topological polar surface area (TPSA) is 108 Å². The van der Waals surface area contributed by atoms with E-state index in [1.54, 1.807) is 53.7 Å². The average molecular weight is 590 g/mol. The fourth-order valence-corrected chi connectivity index (χ4v) is 8.89. The van der Waals surface area contributed by atoms with Crippen molar-refractivity contribution in [1.82, 2.24) is 4.31 Å². The van der Waals surface area contributed by atoms with E-state index < -0.39 is 35.6 Å². The van der Waals surface area contributed by atoms with Crippen molar-refractivity contribution in [3.05, 3.63) is 22.7 Å². The van der Waals surface area contributed by atoms with Crippen molar-refractivity contribution >= 4 is 68.3 Å². The van der Waals surface area contributed by atoms with Gasteiger partial charge in [-0.25, -0.2) is 4.79 Å². The highest BCUT2D eigenvalue weighted by atomic mass is 35.5. The van der Waals surface area contributed by atoms with Crippen molar-refractivity contribution in [3.63, 3.8) is 0 Å². The Morgan fingerprint density at radius 2 is 1.77 bits per heavy atom. The normalized spacial score (nSPS) is 12.7. The molecule has 14 heteroatoms. The molecule has 0 saturated heterocycles. The number of hydrogen-bond donors (Lipinski definition) is 0. The number of nitrogens with zero attached hydrogens (tertiary/aromatic N) is 1. The maximum absolute atomic E-state index is 13.8. The zero-order valence-electron chi connectivity index (χ0n) is 20.4. The number of fused-ring (bicyclic) bond motifs is 1. The molecule has 198 valence electrons. The minimum absolute atomic E-state index is 0.0118. The Labute approximate surface area is 220 Å². The summed E-state index contributed by atoms with van der Waals surface area (Å²) in [5, 5.41) is 0.685. The van der Waals surface area contributed by atoms with Crippen LogP contribution in [-0.4, -0.2) is 56.4 Å². The van der Waals surface area contributed by atoms with Gasteiger partial charge in [-0.15, -0.1) is 22.9 Å². The van der Waals surface area contributed by atoms with Crippen LogP contribution >= 0.6 is 42.1 Å². The number of thiophene rings is 1. The molecule has 0 aliphatic rings. The van der Waals surface area contributed by atoms with Gasteiger partial charge >= 0.3 is 13.7 Å². The molecule has 0 aliphatic carbocycles. The van der Waals surface area contributed by atoms with Gasteiger partial charge in [0.2, 0.25) is 0 Å². The van der Waals surface area contributed by atoms with Crippen LogP contribution < -0.4 is 4.74 Å². The molecule has 1 amide bonds. The molecule has 2 aromatic rings. The molecule has 1 aromatic heterocycles. The number of amides is 1. The van der Waals surface area contributed by atoms with E-state index in [2.05, 4.69) is 0 Å². The van der Waals surface area contributed by atoms with Gasteiger partial charge in [-0.1, -0.05) is 11.6 Å². The van der Waals surface area contributed by atoms with Crippen molar-refractivity contribution in [2.75, 3.05) is 32.0 Å². The minimum Gasteiger partial charge on any atom is -0.491 e. The molecule has 0 spiro atoms. The minimum atomic E-state index is -4.56. The van der Waals surface area contributed by atoms with Crippen LogP contribution in [0.3, 0.4) is 0 Å². The Balaban J connectivity index is 2.66. The van der Waals surface area contributed by atoms with Gasteiger partial charge in [0.15, 0.2) is 0 Å². The van der Waals surface area contributed by atoms with Crippen molar-refractivity contribution in [2.24, 2.45) is 0 Å². The smallest absolute Gasteiger partial charge is 0.424 e. The van der Waals surface area contributed by atoms with E-state index in [0.717, 1.165) is 11.3 Å². The van der Waals surface area contributed by atoms with E-state index in [-0.39, 0.29) is 34.9 Å². The van der Waals surface area contributed by atoms with Crippen molar-refractivity contribution in [2.45, 2.75) is 51.4 Å². The zero-order chi connectivity index (χ0) is 26.6. The first-order valence-corrected chi connectivity index (χ1v) is 15.6. The summed E-state index contributed by atoms with van der Waals surface area (Å²) in [7, 11) is -8.56. The predicted octanol–water partition coefficient (Wildman–Crippen LogP) is 6.63. The number of hydrogen-bond acceptors (Lipinski definition) is 9. The molecule has 0 aliphatic heterocycles. The molecule has 0 radical (unpaired) electrons. The third-order valence-corrected chi connectivity index (χ3v) is 10.6. The number of sulfonamides is 1. The first-order chi connectivity index (χ1) is 16.2. The first kappa shape index (κ1) is 30.2. The molecule has 2 rings (SSSR count). The average Bonchev–Trinajstić information content (AvgIpc) is 3.08. The van der Waals surface area contributed by atoms with Crippen molar-refractivity contribution in [1.29, 1.82) is 0 Å². The van der Waals surface area contributed by atoms with E-state index >= 15 is 0 Å². The lowest BCUT2D eigenvalue weighted by molar-refractivity contribution is 0.0399. The quantitative estimate of drug-likeness (QED) is 0.212. The molecule has 0 bridgehead atoms. The number of halogens is 2. The van der Waals surface area contributed by atoms with Crippen LogP contribution in [0.4, 0.5) is 4.79 Å². The van der Waals surface area contributed by atoms with Gasteiger partial charge in [-0.05, 0) is 59.2 Å². The van der Waals surface area contributed by atoms with Gasteiger partial charge in [0, 0.05) is 10.1 Å². The van der Waals surface area contributed by atoms with Crippen LogP contribution in [-0.2, 0) is 28.4 Å². The maximum Gasteiger partial charge on any atom is 0.424 e. The highest BCUT2D eigenvalue weighted by molar-refractivity contribution is 7.92. The molecule has 0 N–H and O–H groups in total. The summed E-state index contributed by atoms with van der Waals surface area (Å²) in [5.41, 5.74) is -0.707. The number of aryl methyl sites for hydroxylation is 1. The van der Waals surface area contributed by atoms with E-state index in [0.29, 0.717) is 25.7 Å². The second-order valence-corrected chi connectivity index (χ2v) is 14.1. The molecule has 1 heterocycles. The van der Waals surface area contributed by atoms with E-state index in [1.807, 2.05) is 0 Å². The molecule has 0 saturated carbocycles. The summed E-state index contributed by atoms with van der Waals surface area (Å²) in [6, 6.07) is 3.29. The van der Waals surface area contributed by atoms with Gasteiger partial charge in [0.25, 0.3) is 10.0 Å². The summed E-state index contributed by atoms with van der Waals surface area (Å²) in [5.74, 6) is 0.604. The Kier molecular flexibility index (Phi) is 10.3. The number of alkyl halides is 1. The van der Waals surface area contributed by atoms with Gasteiger partial charge < -0.3 is 18.5 Å². The van der Waals surface area contributed by atoms with Crippen LogP contribution in [0.1, 0.15) is 40.2 Å². The molecule has 0 fully saturated rings. The Hall–Kier alpha value is -1.07. The second kappa shape index (κ2) is 12.0. The predicted molar refractivity (Wildman–Crippen MR) is 139 cm³/mol. The lowest BCUT2D eigenvalue weighted by atomic mass is 10.2. The first-order valence-electron chi connectivity index (χ1n) is 10.7. The molecule has 0 unspecified atom stereocenters. The largest absolute Gasteiger partial charge is 0.491 e. The Morgan fingerprint density at radius 1 is 1.17 bits per heavy atom. The van der Waals surface area contributed by atoms with Gasteiger partial charge in [0.05, 0.1) is 24.1 Å². The summed E-state index contributed by atoms with van der Waals surface area (Å²) in [4.78, 5) is 13.1. The number of ether oxygens (including phenoxy) is 2. The molecule has 1 aromatic carbocycles. The summed E-state index contributed by atoms with van der Waals surface area (Å²) < 4.78 is 63.0. The van der Waals surface area contributed by atoms with Crippen LogP contribution in [0.15, 0.2) is 16.3 Å². The fraction of sp³-hybridized carbons (Fsp3) is 0.571. The van der Waals surface area contributed by atoms with Crippen LogP contribution in [0, 0.1) is 6.92 Å². The highest BCUT2D eigenvalue weighted by Gasteiger charge is 2.42. The third-order valence-electron chi connectivity index (χ3n) is 4.36. The zero-order valence-corrected chi connectivity index (χ0v) is 24.5. The fourth-order valence-electron chi connectivity index (χ4n) is 3.07. The molecular formula is C21H30Cl2NO8PS2. The monoisotopic (exact) mass is 589 g/mol. The standard InChI is InChI=1S/C21H30Cl2NO8PS2/c1-7-30-33(26,31-8-2)13-24(20(25)32-21(4,5)6)35(27,28)19-14(3)17-16(34-19)10-9-15(18(17)23)29-12-11-22/h9-10H,7-8,11-13H2,1-6H3. The number of carbonyl (C=O) groups excluding carboxylic acids is 1. The number of carbonyl (C=O) groups is 1. The molecule has 0 atom stereocenters. The van der Waals surface area contributed by atoms with E-state index in [1.165, 1.54) is 0 Å². The maximum atomic E-state index is 13.8. The van der Waals surface area contributed by atoms with Crippen molar-refractivity contribution in [3.8, 4) is 5.75 Å². The van der Waals surface area contributed by atoms with Crippen molar-refractivity contribution < 1.29 is 36.3 Å². The molecule has 9 nitrogen and oxygen atoms in total. The Morgan fingerprint density at radius 3 is 2.29 bits per heavy atom. The lowest BCUT2D eigenvalue weighted by Crippen LogP contribution is -2.41. The number of rotatable bonds is 11. The SMILES string of the molecule is CCOP(=O)(CN(C(=O)OC(C)(C)C)S(=O)(=O)c1sc2ccc(OCCCl)c(Cl)c2c1C)OCC. The van der Waals surface area contributed by atoms with E-state index in [9.17, 15) is 17.8 Å². The van der Waals surface area contributed by atoms with Crippen LogP contribution in [0.25, 0.3) is 10.1 Å². The van der Waals surface area contributed by atoms with Crippen LogP contribution in [0.2, 0.25) is 5.02 Å². The molecule has 35 heavy (non-hydrogen) atoms. The van der Waals surface area contributed by atoms with E-state index in [4.69, 9.17) is 41.7 Å². The van der Waals surface area contributed by atoms with Gasteiger partial charge in [-0.3, -0.25) is 4.57 Å². The number of benzene rings is 1. The lowest BCUT2D eigenvalue weighted by Gasteiger charge is -2.29.